The van der Waals surface area contributed by atoms with Crippen LogP contribution in [0, 0.1) is 5.92 Å². The Morgan fingerprint density at radius 3 is 2.88 bits per heavy atom. The summed E-state index contributed by atoms with van der Waals surface area (Å²) in [6, 6.07) is 0.707. The van der Waals surface area contributed by atoms with E-state index in [0.29, 0.717) is 6.04 Å². The minimum Gasteiger partial charge on any atom is -0.378 e. The SMILES string of the molecule is NCC1CN(C2CCOC3(CCOC3)C2)C1. The van der Waals surface area contributed by atoms with Crippen molar-refractivity contribution in [1.82, 2.24) is 4.90 Å². The third-order valence-corrected chi connectivity index (χ3v) is 4.37. The fourth-order valence-electron chi connectivity index (χ4n) is 3.23. The molecular weight excluding hydrogens is 204 g/mol. The van der Waals surface area contributed by atoms with Gasteiger partial charge in [-0.2, -0.15) is 0 Å². The van der Waals surface area contributed by atoms with Crippen molar-refractivity contribution in [2.75, 3.05) is 39.5 Å². The van der Waals surface area contributed by atoms with Crippen LogP contribution < -0.4 is 5.73 Å². The maximum absolute atomic E-state index is 5.95. The summed E-state index contributed by atoms with van der Waals surface area (Å²) in [5.41, 5.74) is 5.72. The first-order valence-electron chi connectivity index (χ1n) is 6.47. The van der Waals surface area contributed by atoms with E-state index in [1.807, 2.05) is 0 Å². The third-order valence-electron chi connectivity index (χ3n) is 4.37. The Bertz CT molecular complexity index is 247. The molecule has 92 valence electrons. The van der Waals surface area contributed by atoms with E-state index in [-0.39, 0.29) is 5.60 Å². The number of ether oxygens (including phenoxy) is 2. The minimum atomic E-state index is 0.0523. The molecule has 1 spiro atoms. The van der Waals surface area contributed by atoms with E-state index in [2.05, 4.69) is 4.90 Å². The molecule has 0 bridgehead atoms. The molecule has 0 aromatic rings. The molecule has 4 nitrogen and oxygen atoms in total. The number of hydrogen-bond donors (Lipinski definition) is 1. The predicted molar refractivity (Wildman–Crippen MR) is 61.3 cm³/mol. The zero-order chi connectivity index (χ0) is 11.0. The van der Waals surface area contributed by atoms with Crippen LogP contribution in [-0.4, -0.2) is 56.0 Å². The number of likely N-dealkylation sites (tertiary alicyclic amines) is 1. The molecule has 4 heteroatoms. The molecule has 3 fully saturated rings. The van der Waals surface area contributed by atoms with E-state index < -0.39 is 0 Å². The maximum Gasteiger partial charge on any atom is 0.0951 e. The second kappa shape index (κ2) is 4.26. The first-order chi connectivity index (χ1) is 7.81. The van der Waals surface area contributed by atoms with Crippen LogP contribution in [-0.2, 0) is 9.47 Å². The van der Waals surface area contributed by atoms with Gasteiger partial charge < -0.3 is 15.2 Å². The van der Waals surface area contributed by atoms with Gasteiger partial charge in [0, 0.05) is 38.8 Å². The normalized spacial score (nSPS) is 41.4. The zero-order valence-electron chi connectivity index (χ0n) is 9.86. The molecule has 2 N–H and O–H groups in total. The number of rotatable bonds is 2. The smallest absolute Gasteiger partial charge is 0.0951 e. The molecule has 16 heavy (non-hydrogen) atoms. The zero-order valence-corrected chi connectivity index (χ0v) is 9.86. The molecule has 0 aliphatic carbocycles. The minimum absolute atomic E-state index is 0.0523. The van der Waals surface area contributed by atoms with Gasteiger partial charge in [-0.05, 0) is 25.3 Å². The van der Waals surface area contributed by atoms with Gasteiger partial charge in [-0.1, -0.05) is 0 Å². The van der Waals surface area contributed by atoms with Crippen molar-refractivity contribution in [1.29, 1.82) is 0 Å². The standard InChI is InChI=1S/C12H22N2O2/c13-6-10-7-14(8-10)11-1-3-16-12(5-11)2-4-15-9-12/h10-11H,1-9,13H2. The summed E-state index contributed by atoms with van der Waals surface area (Å²) in [5, 5.41) is 0. The van der Waals surface area contributed by atoms with Crippen LogP contribution >= 0.6 is 0 Å². The Balaban J connectivity index is 1.56. The van der Waals surface area contributed by atoms with Crippen LogP contribution in [0.3, 0.4) is 0 Å². The topological polar surface area (TPSA) is 47.7 Å². The molecular formula is C12H22N2O2. The average Bonchev–Trinajstić information content (AvgIpc) is 2.65. The summed E-state index contributed by atoms with van der Waals surface area (Å²) in [4.78, 5) is 2.58. The van der Waals surface area contributed by atoms with Gasteiger partial charge in [0.2, 0.25) is 0 Å². The van der Waals surface area contributed by atoms with E-state index in [1.165, 1.54) is 19.5 Å². The molecule has 2 atom stereocenters. The average molecular weight is 226 g/mol. The van der Waals surface area contributed by atoms with Crippen LogP contribution in [0.5, 0.6) is 0 Å². The van der Waals surface area contributed by atoms with Gasteiger partial charge in [0.15, 0.2) is 0 Å². The van der Waals surface area contributed by atoms with Crippen molar-refractivity contribution in [3.05, 3.63) is 0 Å². The summed E-state index contributed by atoms with van der Waals surface area (Å²) in [6.45, 7) is 5.80. The fourth-order valence-corrected chi connectivity index (χ4v) is 3.23. The van der Waals surface area contributed by atoms with E-state index in [4.69, 9.17) is 15.2 Å². The fraction of sp³-hybridized carbons (Fsp3) is 1.00. The van der Waals surface area contributed by atoms with E-state index in [1.54, 1.807) is 0 Å². The van der Waals surface area contributed by atoms with Crippen molar-refractivity contribution in [2.24, 2.45) is 11.7 Å². The number of nitrogens with two attached hydrogens (primary N) is 1. The summed E-state index contributed by atoms with van der Waals surface area (Å²) < 4.78 is 11.4. The number of hydrogen-bond acceptors (Lipinski definition) is 4. The Morgan fingerprint density at radius 1 is 1.31 bits per heavy atom. The highest BCUT2D eigenvalue weighted by atomic mass is 16.6. The molecule has 3 aliphatic rings. The molecule has 3 heterocycles. The van der Waals surface area contributed by atoms with Gasteiger partial charge >= 0.3 is 0 Å². The van der Waals surface area contributed by atoms with Crippen LogP contribution in [0.4, 0.5) is 0 Å². The molecule has 2 unspecified atom stereocenters. The van der Waals surface area contributed by atoms with Crippen molar-refractivity contribution in [3.63, 3.8) is 0 Å². The first kappa shape index (κ1) is 11.0. The summed E-state index contributed by atoms with van der Waals surface area (Å²) >= 11 is 0. The highest BCUT2D eigenvalue weighted by Gasteiger charge is 2.44. The number of nitrogens with zero attached hydrogens (tertiary/aromatic N) is 1. The molecule has 0 radical (unpaired) electrons. The highest BCUT2D eigenvalue weighted by Crippen LogP contribution is 2.36. The quantitative estimate of drug-likeness (QED) is 0.731. The van der Waals surface area contributed by atoms with Crippen LogP contribution in [0.2, 0.25) is 0 Å². The van der Waals surface area contributed by atoms with Crippen LogP contribution in [0.25, 0.3) is 0 Å². The monoisotopic (exact) mass is 226 g/mol. The highest BCUT2D eigenvalue weighted by molar-refractivity contribution is 4.96. The molecule has 0 aromatic carbocycles. The third kappa shape index (κ3) is 1.88. The maximum atomic E-state index is 5.95. The summed E-state index contributed by atoms with van der Waals surface area (Å²) in [6.07, 6.45) is 3.42. The van der Waals surface area contributed by atoms with Crippen molar-refractivity contribution in [2.45, 2.75) is 30.9 Å². The second-order valence-corrected chi connectivity index (χ2v) is 5.54. The molecule has 0 amide bonds. The van der Waals surface area contributed by atoms with Crippen molar-refractivity contribution < 1.29 is 9.47 Å². The lowest BCUT2D eigenvalue weighted by Gasteiger charge is -2.48. The lowest BCUT2D eigenvalue weighted by atomic mass is 9.86. The molecule has 3 saturated heterocycles. The lowest BCUT2D eigenvalue weighted by Crippen LogP contribution is -2.58. The van der Waals surface area contributed by atoms with Crippen LogP contribution in [0.15, 0.2) is 0 Å². The van der Waals surface area contributed by atoms with Gasteiger partial charge in [0.1, 0.15) is 0 Å². The Morgan fingerprint density at radius 2 is 2.19 bits per heavy atom. The first-order valence-corrected chi connectivity index (χ1v) is 6.47. The van der Waals surface area contributed by atoms with Gasteiger partial charge in [0.25, 0.3) is 0 Å². The van der Waals surface area contributed by atoms with E-state index in [0.717, 1.165) is 45.1 Å². The Kier molecular flexibility index (Phi) is 2.92. The lowest BCUT2D eigenvalue weighted by molar-refractivity contribution is -0.119. The Labute approximate surface area is 97.1 Å². The van der Waals surface area contributed by atoms with Gasteiger partial charge in [0.05, 0.1) is 12.2 Å². The van der Waals surface area contributed by atoms with Crippen molar-refractivity contribution >= 4 is 0 Å². The van der Waals surface area contributed by atoms with Crippen LogP contribution in [0.1, 0.15) is 19.3 Å². The van der Waals surface area contributed by atoms with E-state index >= 15 is 0 Å². The summed E-state index contributed by atoms with van der Waals surface area (Å²) in [5.74, 6) is 0.735. The van der Waals surface area contributed by atoms with Gasteiger partial charge in [-0.3, -0.25) is 4.90 Å². The van der Waals surface area contributed by atoms with E-state index in [9.17, 15) is 0 Å². The van der Waals surface area contributed by atoms with Gasteiger partial charge in [-0.25, -0.2) is 0 Å². The largest absolute Gasteiger partial charge is 0.378 e. The molecule has 3 aliphatic heterocycles. The molecule has 0 saturated carbocycles. The molecule has 0 aromatic heterocycles. The van der Waals surface area contributed by atoms with Gasteiger partial charge in [-0.15, -0.1) is 0 Å². The second-order valence-electron chi connectivity index (χ2n) is 5.54. The predicted octanol–water partition coefficient (Wildman–Crippen LogP) is 0.215. The summed E-state index contributed by atoms with van der Waals surface area (Å²) in [7, 11) is 0. The Hall–Kier alpha value is -0.160. The molecule has 3 rings (SSSR count). The van der Waals surface area contributed by atoms with Crippen molar-refractivity contribution in [3.8, 4) is 0 Å².